The van der Waals surface area contributed by atoms with Gasteiger partial charge in [0.2, 0.25) is 5.91 Å². The van der Waals surface area contributed by atoms with E-state index in [1.165, 1.54) is 0 Å². The van der Waals surface area contributed by atoms with Crippen molar-refractivity contribution in [2.45, 2.75) is 84.8 Å². The minimum absolute atomic E-state index is 0.0360. The smallest absolute Gasteiger partial charge is 0.410 e. The van der Waals surface area contributed by atoms with Crippen molar-refractivity contribution in [3.8, 4) is 11.8 Å². The minimum Gasteiger partial charge on any atom is -0.477 e. The van der Waals surface area contributed by atoms with Gasteiger partial charge in [-0.2, -0.15) is 0 Å². The topological polar surface area (TPSA) is 99.2 Å². The van der Waals surface area contributed by atoms with E-state index in [0.717, 1.165) is 63.0 Å². The van der Waals surface area contributed by atoms with E-state index in [0.29, 0.717) is 36.0 Å². The van der Waals surface area contributed by atoms with Crippen LogP contribution in [0.3, 0.4) is 0 Å². The number of nitrogens with zero attached hydrogens (tertiary/aromatic N) is 2. The van der Waals surface area contributed by atoms with Crippen LogP contribution in [-0.2, 0) is 9.53 Å². The third-order valence-electron chi connectivity index (χ3n) is 7.67. The minimum atomic E-state index is -1.07. The Bertz CT molecular complexity index is 1080. The van der Waals surface area contributed by atoms with Gasteiger partial charge in [-0.3, -0.25) is 4.79 Å². The number of hydrogen-bond acceptors (Lipinski definition) is 6. The molecule has 0 aromatic carbocycles. The van der Waals surface area contributed by atoms with Crippen LogP contribution in [0.15, 0.2) is 6.07 Å². The van der Waals surface area contributed by atoms with Crippen LogP contribution in [0.1, 0.15) is 87.2 Å². The molecule has 1 aromatic heterocycles. The van der Waals surface area contributed by atoms with Crippen molar-refractivity contribution >= 4 is 35.0 Å². The van der Waals surface area contributed by atoms with E-state index in [9.17, 15) is 19.5 Å². The molecule has 208 valence electrons. The largest absolute Gasteiger partial charge is 0.477 e. The lowest BCUT2D eigenvalue weighted by Gasteiger charge is -2.34. The number of amides is 2. The summed E-state index contributed by atoms with van der Waals surface area (Å²) in [5, 5.41) is 13.4. The number of piperidine rings is 1. The summed E-state index contributed by atoms with van der Waals surface area (Å²) in [5.74, 6) is 5.64. The van der Waals surface area contributed by atoms with Crippen LogP contribution >= 0.6 is 11.3 Å². The number of carboxylic acids is 1. The zero-order chi connectivity index (χ0) is 27.4. The van der Waals surface area contributed by atoms with Crippen LogP contribution in [-0.4, -0.2) is 66.3 Å². The second-order valence-corrected chi connectivity index (χ2v) is 13.1. The molecule has 4 rings (SSSR count). The molecule has 3 fully saturated rings. The van der Waals surface area contributed by atoms with Gasteiger partial charge in [0.05, 0.1) is 16.6 Å². The monoisotopic (exact) mass is 543 g/mol. The molecule has 1 saturated carbocycles. The van der Waals surface area contributed by atoms with Crippen LogP contribution in [0.25, 0.3) is 0 Å². The van der Waals surface area contributed by atoms with Crippen LogP contribution in [0, 0.1) is 29.1 Å². The number of rotatable bonds is 5. The van der Waals surface area contributed by atoms with Gasteiger partial charge in [0, 0.05) is 24.4 Å². The highest BCUT2D eigenvalue weighted by Gasteiger charge is 2.40. The number of carbonyl (C=O) groups excluding carboxylic acids is 2. The first kappa shape index (κ1) is 28.4. The molecule has 1 aliphatic carbocycles. The first-order valence-electron chi connectivity index (χ1n) is 13.9. The predicted molar refractivity (Wildman–Crippen MR) is 149 cm³/mol. The number of anilines is 1. The van der Waals surface area contributed by atoms with Crippen molar-refractivity contribution < 1.29 is 24.2 Å². The third kappa shape index (κ3) is 7.09. The molecule has 2 saturated heterocycles. The quantitative estimate of drug-likeness (QED) is 0.509. The molecule has 0 radical (unpaired) electrons. The van der Waals surface area contributed by atoms with E-state index >= 15 is 0 Å². The van der Waals surface area contributed by atoms with Crippen LogP contribution < -0.4 is 10.2 Å². The van der Waals surface area contributed by atoms with Gasteiger partial charge in [0.25, 0.3) is 0 Å². The van der Waals surface area contributed by atoms with Crippen molar-refractivity contribution in [2.75, 3.05) is 31.1 Å². The molecule has 1 atom stereocenters. The molecule has 0 spiro atoms. The van der Waals surface area contributed by atoms with Crippen LogP contribution in [0.2, 0.25) is 0 Å². The molecule has 3 aliphatic rings. The molecule has 9 heteroatoms. The van der Waals surface area contributed by atoms with E-state index in [1.54, 1.807) is 15.9 Å². The van der Waals surface area contributed by atoms with Crippen LogP contribution in [0.5, 0.6) is 0 Å². The standard InChI is InChI=1S/C29H41N3O5S/c1-19-5-7-20(8-6-19)26(33)32(24-17-23(9-13-29(2,3)4)38-25(24)27(34)35)21-12-16-31(18-21)28(36)37-22-10-14-30-15-11-22/h17,19-22,30H,5-8,10-12,14-16,18H2,1-4H3,(H,34,35). The zero-order valence-corrected chi connectivity index (χ0v) is 23.9. The number of thiophene rings is 1. The number of likely N-dealkylation sites (tertiary alicyclic amines) is 1. The number of ether oxygens (including phenoxy) is 1. The molecule has 1 unspecified atom stereocenters. The summed E-state index contributed by atoms with van der Waals surface area (Å²) < 4.78 is 5.76. The first-order chi connectivity index (χ1) is 18.0. The van der Waals surface area contributed by atoms with E-state index < -0.39 is 5.97 Å². The normalized spacial score (nSPS) is 24.4. The second kappa shape index (κ2) is 12.1. The van der Waals surface area contributed by atoms with E-state index in [4.69, 9.17) is 4.74 Å². The maximum absolute atomic E-state index is 14.0. The third-order valence-corrected chi connectivity index (χ3v) is 8.70. The van der Waals surface area contributed by atoms with Gasteiger partial charge in [-0.05, 0) is 90.8 Å². The summed E-state index contributed by atoms with van der Waals surface area (Å²) in [6, 6.07) is 1.45. The Morgan fingerprint density at radius 1 is 1.11 bits per heavy atom. The average Bonchev–Trinajstić information content (AvgIpc) is 3.52. The van der Waals surface area contributed by atoms with Crippen molar-refractivity contribution in [3.63, 3.8) is 0 Å². The Balaban J connectivity index is 1.61. The second-order valence-electron chi connectivity index (χ2n) is 12.0. The maximum atomic E-state index is 14.0. The number of aromatic carboxylic acids is 1. The molecule has 3 heterocycles. The Morgan fingerprint density at radius 2 is 1.79 bits per heavy atom. The number of carboxylic acid groups (broad SMARTS) is 1. The van der Waals surface area contributed by atoms with Gasteiger partial charge in [-0.1, -0.05) is 18.8 Å². The summed E-state index contributed by atoms with van der Waals surface area (Å²) >= 11 is 1.11. The van der Waals surface area contributed by atoms with Crippen molar-refractivity contribution in [2.24, 2.45) is 17.3 Å². The predicted octanol–water partition coefficient (Wildman–Crippen LogP) is 4.97. The Labute approximate surface area is 230 Å². The van der Waals surface area contributed by atoms with Gasteiger partial charge in [0.15, 0.2) is 0 Å². The number of carbonyl (C=O) groups is 3. The van der Waals surface area contributed by atoms with Gasteiger partial charge in [-0.25, -0.2) is 9.59 Å². The summed E-state index contributed by atoms with van der Waals surface area (Å²) in [5.41, 5.74) is 0.172. The highest BCUT2D eigenvalue weighted by atomic mass is 32.1. The van der Waals surface area contributed by atoms with Gasteiger partial charge >= 0.3 is 12.1 Å². The van der Waals surface area contributed by atoms with Crippen molar-refractivity contribution in [1.29, 1.82) is 0 Å². The van der Waals surface area contributed by atoms with E-state index in [2.05, 4.69) is 24.1 Å². The number of hydrogen-bond donors (Lipinski definition) is 2. The van der Waals surface area contributed by atoms with E-state index in [1.807, 2.05) is 20.8 Å². The summed E-state index contributed by atoms with van der Waals surface area (Å²) in [4.78, 5) is 43.4. The van der Waals surface area contributed by atoms with Crippen molar-refractivity contribution in [1.82, 2.24) is 10.2 Å². The highest BCUT2D eigenvalue weighted by Crippen LogP contribution is 2.38. The summed E-state index contributed by atoms with van der Waals surface area (Å²) in [6.07, 6.45) is 5.30. The average molecular weight is 544 g/mol. The zero-order valence-electron chi connectivity index (χ0n) is 23.0. The molecule has 8 nitrogen and oxygen atoms in total. The SMILES string of the molecule is CC1CCC(C(=O)N(c2cc(C#CC(C)(C)C)sc2C(=O)O)C2CCN(C(=O)OC3CCNCC3)C2)CC1. The van der Waals surface area contributed by atoms with Crippen LogP contribution in [0.4, 0.5) is 10.5 Å². The van der Waals surface area contributed by atoms with Gasteiger partial charge < -0.3 is 25.0 Å². The Morgan fingerprint density at radius 3 is 2.42 bits per heavy atom. The fraction of sp³-hybridized carbons (Fsp3) is 0.690. The Kier molecular flexibility index (Phi) is 9.04. The maximum Gasteiger partial charge on any atom is 0.410 e. The molecule has 2 amide bonds. The van der Waals surface area contributed by atoms with Crippen molar-refractivity contribution in [3.05, 3.63) is 15.8 Å². The lowest BCUT2D eigenvalue weighted by Crippen LogP contribution is -2.47. The van der Waals surface area contributed by atoms with E-state index in [-0.39, 0.29) is 40.4 Å². The molecular formula is C29H41N3O5S. The van der Waals surface area contributed by atoms with Gasteiger partial charge in [-0.15, -0.1) is 11.3 Å². The Hall–Kier alpha value is -2.57. The summed E-state index contributed by atoms with van der Waals surface area (Å²) in [7, 11) is 0. The fourth-order valence-corrected chi connectivity index (χ4v) is 6.31. The molecule has 2 N–H and O–H groups in total. The molecule has 38 heavy (non-hydrogen) atoms. The summed E-state index contributed by atoms with van der Waals surface area (Å²) in [6.45, 7) is 10.7. The molecular weight excluding hydrogens is 502 g/mol. The lowest BCUT2D eigenvalue weighted by molar-refractivity contribution is -0.124. The fourth-order valence-electron chi connectivity index (χ4n) is 5.47. The molecule has 1 aromatic rings. The number of nitrogens with one attached hydrogen (secondary N) is 1. The lowest BCUT2D eigenvalue weighted by atomic mass is 9.82. The molecule has 2 aliphatic heterocycles. The molecule has 0 bridgehead atoms. The van der Waals surface area contributed by atoms with Gasteiger partial charge in [0.1, 0.15) is 11.0 Å². The highest BCUT2D eigenvalue weighted by molar-refractivity contribution is 7.15. The first-order valence-corrected chi connectivity index (χ1v) is 14.7.